The molecule has 0 aromatic heterocycles. The molecule has 0 aliphatic carbocycles. The Bertz CT molecular complexity index is 931. The van der Waals surface area contributed by atoms with Crippen molar-refractivity contribution in [1.29, 1.82) is 0 Å². The number of rotatable bonds is 8. The Morgan fingerprint density at radius 3 is 1.53 bits per heavy atom. The van der Waals surface area contributed by atoms with E-state index in [4.69, 9.17) is 18.9 Å². The zero-order chi connectivity index (χ0) is 21.9. The predicted molar refractivity (Wildman–Crippen MR) is 112 cm³/mol. The summed E-state index contributed by atoms with van der Waals surface area (Å²) < 4.78 is 20.4. The van der Waals surface area contributed by atoms with Crippen LogP contribution in [0.25, 0.3) is 0 Å². The summed E-state index contributed by atoms with van der Waals surface area (Å²) in [4.78, 5) is 22.1. The van der Waals surface area contributed by atoms with Gasteiger partial charge < -0.3 is 18.9 Å². The second-order valence-electron chi connectivity index (χ2n) is 6.07. The maximum atomic E-state index is 11.0. The van der Waals surface area contributed by atoms with E-state index in [0.717, 1.165) is 34.4 Å². The van der Waals surface area contributed by atoms with E-state index < -0.39 is 11.9 Å². The summed E-state index contributed by atoms with van der Waals surface area (Å²) in [7, 11) is 0. The molecule has 6 nitrogen and oxygen atoms in total. The molecule has 0 heterocycles. The van der Waals surface area contributed by atoms with E-state index in [1.807, 2.05) is 38.1 Å². The van der Waals surface area contributed by atoms with E-state index in [0.29, 0.717) is 11.5 Å². The van der Waals surface area contributed by atoms with Gasteiger partial charge in [-0.2, -0.15) is 0 Å². The number of aryl methyl sites for hydroxylation is 2. The SMILES string of the molecule is C=CC(=O)OCOc1ccc(C#Cc2ccc(OCOC(=O)C=C)c(C)c2)cc1C. The first-order chi connectivity index (χ1) is 14.4. The first-order valence-corrected chi connectivity index (χ1v) is 9.00. The molecule has 154 valence electrons. The van der Waals surface area contributed by atoms with Gasteiger partial charge in [-0.05, 0) is 61.4 Å². The van der Waals surface area contributed by atoms with E-state index in [-0.39, 0.29) is 13.6 Å². The minimum Gasteiger partial charge on any atom is -0.457 e. The van der Waals surface area contributed by atoms with Crippen molar-refractivity contribution in [2.75, 3.05) is 13.6 Å². The van der Waals surface area contributed by atoms with Gasteiger partial charge in [0.2, 0.25) is 13.6 Å². The number of carbonyl (C=O) groups is 2. The highest BCUT2D eigenvalue weighted by molar-refractivity contribution is 5.81. The van der Waals surface area contributed by atoms with Crippen molar-refractivity contribution in [1.82, 2.24) is 0 Å². The van der Waals surface area contributed by atoms with Crippen LogP contribution >= 0.6 is 0 Å². The van der Waals surface area contributed by atoms with Crippen LogP contribution in [0.3, 0.4) is 0 Å². The molecule has 0 saturated heterocycles. The third-order valence-corrected chi connectivity index (χ3v) is 3.87. The Kier molecular flexibility index (Phi) is 8.27. The Hall–Kier alpha value is -3.98. The topological polar surface area (TPSA) is 71.1 Å². The lowest BCUT2D eigenvalue weighted by Crippen LogP contribution is -2.08. The lowest BCUT2D eigenvalue weighted by atomic mass is 10.1. The van der Waals surface area contributed by atoms with Crippen LogP contribution in [0.15, 0.2) is 61.7 Å². The zero-order valence-corrected chi connectivity index (χ0v) is 16.9. The van der Waals surface area contributed by atoms with Crippen molar-refractivity contribution in [3.8, 4) is 23.3 Å². The molecule has 30 heavy (non-hydrogen) atoms. The van der Waals surface area contributed by atoms with E-state index in [2.05, 4.69) is 25.0 Å². The summed E-state index contributed by atoms with van der Waals surface area (Å²) in [5.74, 6) is 6.32. The highest BCUT2D eigenvalue weighted by atomic mass is 16.7. The molecule has 0 bridgehead atoms. The Morgan fingerprint density at radius 1 is 0.800 bits per heavy atom. The molecule has 0 saturated carbocycles. The number of carbonyl (C=O) groups excluding carboxylic acids is 2. The Labute approximate surface area is 175 Å². The number of benzene rings is 2. The van der Waals surface area contributed by atoms with Gasteiger partial charge in [-0.25, -0.2) is 9.59 Å². The molecule has 0 radical (unpaired) electrons. The van der Waals surface area contributed by atoms with Gasteiger partial charge in [0.25, 0.3) is 0 Å². The fourth-order valence-electron chi connectivity index (χ4n) is 2.34. The highest BCUT2D eigenvalue weighted by Crippen LogP contribution is 2.20. The molecular weight excluding hydrogens is 384 g/mol. The van der Waals surface area contributed by atoms with Crippen molar-refractivity contribution in [2.45, 2.75) is 13.8 Å². The molecular formula is C24H22O6. The van der Waals surface area contributed by atoms with Gasteiger partial charge in [0.15, 0.2) is 0 Å². The molecule has 0 unspecified atom stereocenters. The minimum absolute atomic E-state index is 0.183. The van der Waals surface area contributed by atoms with Crippen LogP contribution in [0.5, 0.6) is 11.5 Å². The third-order valence-electron chi connectivity index (χ3n) is 3.87. The zero-order valence-electron chi connectivity index (χ0n) is 16.9. The van der Waals surface area contributed by atoms with Crippen molar-refractivity contribution in [3.63, 3.8) is 0 Å². The average Bonchev–Trinajstić information content (AvgIpc) is 2.74. The lowest BCUT2D eigenvalue weighted by molar-refractivity contribution is -0.145. The number of hydrogen-bond donors (Lipinski definition) is 0. The van der Waals surface area contributed by atoms with E-state index >= 15 is 0 Å². The van der Waals surface area contributed by atoms with Crippen molar-refractivity contribution < 1.29 is 28.5 Å². The maximum absolute atomic E-state index is 11.0. The lowest BCUT2D eigenvalue weighted by Gasteiger charge is -2.09. The fourth-order valence-corrected chi connectivity index (χ4v) is 2.34. The van der Waals surface area contributed by atoms with Crippen LogP contribution in [0.2, 0.25) is 0 Å². The van der Waals surface area contributed by atoms with Gasteiger partial charge in [-0.15, -0.1) is 0 Å². The van der Waals surface area contributed by atoms with Crippen LogP contribution < -0.4 is 9.47 Å². The van der Waals surface area contributed by atoms with Crippen LogP contribution in [0.1, 0.15) is 22.3 Å². The Balaban J connectivity index is 1.99. The normalized spacial score (nSPS) is 9.53. The van der Waals surface area contributed by atoms with Crippen LogP contribution in [0.4, 0.5) is 0 Å². The number of ether oxygens (including phenoxy) is 4. The Morgan fingerprint density at radius 2 is 1.20 bits per heavy atom. The van der Waals surface area contributed by atoms with Gasteiger partial charge in [0, 0.05) is 23.3 Å². The van der Waals surface area contributed by atoms with Crippen LogP contribution in [0, 0.1) is 25.7 Å². The molecule has 2 aromatic rings. The monoisotopic (exact) mass is 406 g/mol. The van der Waals surface area contributed by atoms with Crippen molar-refractivity contribution in [2.24, 2.45) is 0 Å². The smallest absolute Gasteiger partial charge is 0.333 e. The molecule has 2 aromatic carbocycles. The molecule has 0 aliphatic heterocycles. The molecule has 6 heteroatoms. The summed E-state index contributed by atoms with van der Waals surface area (Å²) >= 11 is 0. The third kappa shape index (κ3) is 6.88. The molecule has 2 rings (SSSR count). The van der Waals surface area contributed by atoms with E-state index in [1.54, 1.807) is 12.1 Å². The molecule has 0 N–H and O–H groups in total. The molecule has 0 fully saturated rings. The van der Waals surface area contributed by atoms with Crippen LogP contribution in [-0.2, 0) is 19.1 Å². The summed E-state index contributed by atoms with van der Waals surface area (Å²) in [5, 5.41) is 0. The second kappa shape index (κ2) is 11.1. The van der Waals surface area contributed by atoms with Crippen molar-refractivity contribution in [3.05, 3.63) is 84.0 Å². The summed E-state index contributed by atoms with van der Waals surface area (Å²) in [6, 6.07) is 11.0. The van der Waals surface area contributed by atoms with Gasteiger partial charge in [0.1, 0.15) is 11.5 Å². The van der Waals surface area contributed by atoms with Crippen molar-refractivity contribution >= 4 is 11.9 Å². The largest absolute Gasteiger partial charge is 0.457 e. The van der Waals surface area contributed by atoms with Gasteiger partial charge in [-0.1, -0.05) is 25.0 Å². The first-order valence-electron chi connectivity index (χ1n) is 9.00. The van der Waals surface area contributed by atoms with Gasteiger partial charge >= 0.3 is 11.9 Å². The molecule has 0 aliphatic rings. The standard InChI is InChI=1S/C24H22O6/c1-5-23(25)29-15-27-21-11-9-19(13-17(21)3)7-8-20-10-12-22(18(4)14-20)28-16-30-24(26)6-2/h5-6,9-14H,1-2,15-16H2,3-4H3. The maximum Gasteiger partial charge on any atom is 0.333 e. The molecule has 0 atom stereocenters. The summed E-state index contributed by atoms with van der Waals surface area (Å²) in [6.07, 6.45) is 2.15. The van der Waals surface area contributed by atoms with E-state index in [1.165, 1.54) is 0 Å². The molecule has 0 amide bonds. The van der Waals surface area contributed by atoms with E-state index in [9.17, 15) is 9.59 Å². The summed E-state index contributed by atoms with van der Waals surface area (Å²) in [6.45, 7) is 10.0. The molecule has 0 spiro atoms. The number of hydrogen-bond acceptors (Lipinski definition) is 6. The van der Waals surface area contributed by atoms with Gasteiger partial charge in [0.05, 0.1) is 0 Å². The first kappa shape index (κ1) is 22.3. The average molecular weight is 406 g/mol. The second-order valence-corrected chi connectivity index (χ2v) is 6.07. The summed E-state index contributed by atoms with van der Waals surface area (Å²) in [5.41, 5.74) is 3.37. The predicted octanol–water partition coefficient (Wildman–Crippen LogP) is 3.83. The quantitative estimate of drug-likeness (QED) is 0.287. The van der Waals surface area contributed by atoms with Gasteiger partial charge in [-0.3, -0.25) is 0 Å². The number of esters is 2. The minimum atomic E-state index is -0.542. The highest BCUT2D eigenvalue weighted by Gasteiger charge is 2.03. The fraction of sp³-hybridized carbons (Fsp3) is 0.167. The van der Waals surface area contributed by atoms with Crippen LogP contribution in [-0.4, -0.2) is 25.5 Å².